The highest BCUT2D eigenvalue weighted by atomic mass is 16.7. The number of rotatable bonds is 35. The summed E-state index contributed by atoms with van der Waals surface area (Å²) in [6.45, 7) is 19.6. The van der Waals surface area contributed by atoms with Crippen molar-refractivity contribution in [1.29, 1.82) is 0 Å². The molecule has 0 aliphatic heterocycles. The van der Waals surface area contributed by atoms with E-state index in [1.54, 1.807) is 13.8 Å². The van der Waals surface area contributed by atoms with E-state index in [9.17, 15) is 10.2 Å². The van der Waals surface area contributed by atoms with Crippen LogP contribution in [0, 0.1) is 5.92 Å². The van der Waals surface area contributed by atoms with E-state index in [1.165, 1.54) is 6.42 Å². The molecular weight excluding hydrogens is 560 g/mol. The summed E-state index contributed by atoms with van der Waals surface area (Å²) in [7, 11) is 0. The van der Waals surface area contributed by atoms with Gasteiger partial charge in [-0.15, -0.1) is 0 Å². The van der Waals surface area contributed by atoms with Gasteiger partial charge in [-0.2, -0.15) is 0 Å². The average Bonchev–Trinajstić information content (AvgIpc) is 2.97. The minimum absolute atomic E-state index is 0.0220. The van der Waals surface area contributed by atoms with E-state index in [4.69, 9.17) is 20.9 Å². The summed E-state index contributed by atoms with van der Waals surface area (Å²) in [5, 5.41) is 41.9. The standard InChI is InChI=1S/C32H74N8O4/c1-28(2)43-31(26-40-24-12-22-38-18-8-6-16-36-20-10-14-34)44-30(27-41)29(32(3,4)42)25-39-23-11-21-37-17-7-5-15-35-19-9-13-33/h28-31,35-42H,5-27,33-34H2,1-4H3. The first-order chi connectivity index (χ1) is 21.3. The molecule has 12 N–H and O–H groups in total. The van der Waals surface area contributed by atoms with Crippen LogP contribution < -0.4 is 43.4 Å². The van der Waals surface area contributed by atoms with Crippen LogP contribution in [0.5, 0.6) is 0 Å². The van der Waals surface area contributed by atoms with Crippen molar-refractivity contribution < 1.29 is 19.7 Å². The zero-order valence-electron chi connectivity index (χ0n) is 28.9. The Morgan fingerprint density at radius 3 is 1.34 bits per heavy atom. The second-order valence-electron chi connectivity index (χ2n) is 12.5. The first-order valence-electron chi connectivity index (χ1n) is 17.5. The maximum Gasteiger partial charge on any atom is 0.170 e. The van der Waals surface area contributed by atoms with Gasteiger partial charge in [-0.1, -0.05) is 0 Å². The molecule has 0 amide bonds. The SMILES string of the molecule is CC(C)OC(CNCCCNCCCCNCCCN)OC(CO)C(CNCCCNCCCCNCCCN)C(C)(C)O. The first kappa shape index (κ1) is 43.5. The fourth-order valence-electron chi connectivity index (χ4n) is 4.84. The molecule has 3 atom stereocenters. The van der Waals surface area contributed by atoms with Crippen LogP contribution in [-0.4, -0.2) is 133 Å². The van der Waals surface area contributed by atoms with E-state index in [-0.39, 0.29) is 18.6 Å². The molecule has 0 aliphatic rings. The Labute approximate surface area is 270 Å². The van der Waals surface area contributed by atoms with E-state index in [2.05, 4.69) is 31.9 Å². The van der Waals surface area contributed by atoms with Gasteiger partial charge in [-0.05, 0) is 158 Å². The molecule has 0 rings (SSSR count). The topological polar surface area (TPSA) is 183 Å². The molecule has 44 heavy (non-hydrogen) atoms. The monoisotopic (exact) mass is 635 g/mol. The molecule has 0 saturated carbocycles. The van der Waals surface area contributed by atoms with Gasteiger partial charge in [0, 0.05) is 19.0 Å². The molecule has 0 bridgehead atoms. The molecule has 0 radical (unpaired) electrons. The van der Waals surface area contributed by atoms with Crippen molar-refractivity contribution in [2.75, 3.05) is 98.2 Å². The molecule has 0 heterocycles. The third kappa shape index (κ3) is 27.8. The zero-order chi connectivity index (χ0) is 32.7. The summed E-state index contributed by atoms with van der Waals surface area (Å²) in [4.78, 5) is 0. The Morgan fingerprint density at radius 1 is 0.568 bits per heavy atom. The third-order valence-corrected chi connectivity index (χ3v) is 7.41. The third-order valence-electron chi connectivity index (χ3n) is 7.41. The van der Waals surface area contributed by atoms with Crippen LogP contribution in [0.25, 0.3) is 0 Å². The second-order valence-corrected chi connectivity index (χ2v) is 12.5. The van der Waals surface area contributed by atoms with Crippen molar-refractivity contribution >= 4 is 0 Å². The van der Waals surface area contributed by atoms with Crippen molar-refractivity contribution in [2.24, 2.45) is 17.4 Å². The largest absolute Gasteiger partial charge is 0.394 e. The van der Waals surface area contributed by atoms with Crippen molar-refractivity contribution in [2.45, 2.75) is 103 Å². The van der Waals surface area contributed by atoms with Crippen LogP contribution in [0.4, 0.5) is 0 Å². The van der Waals surface area contributed by atoms with E-state index < -0.39 is 18.0 Å². The van der Waals surface area contributed by atoms with Crippen molar-refractivity contribution in [3.8, 4) is 0 Å². The van der Waals surface area contributed by atoms with E-state index >= 15 is 0 Å². The molecule has 0 fully saturated rings. The number of nitrogens with one attached hydrogen (secondary N) is 6. The Balaban J connectivity index is 4.30. The Bertz CT molecular complexity index is 587. The Morgan fingerprint density at radius 2 is 0.955 bits per heavy atom. The lowest BCUT2D eigenvalue weighted by molar-refractivity contribution is -0.215. The van der Waals surface area contributed by atoms with Gasteiger partial charge in [-0.3, -0.25) is 0 Å². The van der Waals surface area contributed by atoms with Gasteiger partial charge in [-0.25, -0.2) is 0 Å². The van der Waals surface area contributed by atoms with E-state index in [0.29, 0.717) is 13.1 Å². The average molecular weight is 635 g/mol. The molecule has 0 saturated heterocycles. The minimum atomic E-state index is -1.03. The van der Waals surface area contributed by atoms with Crippen molar-refractivity contribution in [3.05, 3.63) is 0 Å². The summed E-state index contributed by atoms with van der Waals surface area (Å²) in [6.07, 6.45) is 7.60. The van der Waals surface area contributed by atoms with Crippen molar-refractivity contribution in [3.63, 3.8) is 0 Å². The van der Waals surface area contributed by atoms with Crippen LogP contribution in [0.2, 0.25) is 0 Å². The second kappa shape index (κ2) is 31.1. The molecule has 12 nitrogen and oxygen atoms in total. The van der Waals surface area contributed by atoms with Gasteiger partial charge in [0.2, 0.25) is 0 Å². The number of aliphatic hydroxyl groups excluding tert-OH is 1. The lowest BCUT2D eigenvalue weighted by atomic mass is 9.86. The summed E-state index contributed by atoms with van der Waals surface area (Å²) in [5.74, 6) is -0.300. The molecule has 12 heteroatoms. The number of hydrogen-bond donors (Lipinski definition) is 10. The highest BCUT2D eigenvalue weighted by molar-refractivity contribution is 4.86. The van der Waals surface area contributed by atoms with Gasteiger partial charge in [0.15, 0.2) is 6.29 Å². The van der Waals surface area contributed by atoms with Crippen LogP contribution >= 0.6 is 0 Å². The van der Waals surface area contributed by atoms with Crippen LogP contribution in [-0.2, 0) is 9.47 Å². The molecular formula is C32H74N8O4. The molecule has 3 unspecified atom stereocenters. The van der Waals surface area contributed by atoms with Crippen molar-refractivity contribution in [1.82, 2.24) is 31.9 Å². The van der Waals surface area contributed by atoms with Crippen LogP contribution in [0.15, 0.2) is 0 Å². The quantitative estimate of drug-likeness (QED) is 0.0335. The normalized spacial score (nSPS) is 14.4. The highest BCUT2D eigenvalue weighted by Crippen LogP contribution is 2.23. The number of hydrogen-bond acceptors (Lipinski definition) is 12. The molecule has 0 aromatic rings. The Hall–Kier alpha value is -0.480. The summed E-state index contributed by atoms with van der Waals surface area (Å²) in [6, 6.07) is 0. The maximum absolute atomic E-state index is 10.9. The van der Waals surface area contributed by atoms with Gasteiger partial charge < -0.3 is 63.1 Å². The van der Waals surface area contributed by atoms with Crippen LogP contribution in [0.1, 0.15) is 79.1 Å². The Kier molecular flexibility index (Phi) is 30.8. The first-order valence-corrected chi connectivity index (χ1v) is 17.5. The van der Waals surface area contributed by atoms with E-state index in [1.807, 2.05) is 13.8 Å². The fraction of sp³-hybridized carbons (Fsp3) is 1.00. The number of aliphatic hydroxyl groups is 2. The summed E-state index contributed by atoms with van der Waals surface area (Å²) >= 11 is 0. The summed E-state index contributed by atoms with van der Waals surface area (Å²) < 4.78 is 12.3. The number of nitrogens with two attached hydrogens (primary N) is 2. The molecule has 266 valence electrons. The zero-order valence-corrected chi connectivity index (χ0v) is 28.9. The lowest BCUT2D eigenvalue weighted by Gasteiger charge is -2.37. The van der Waals surface area contributed by atoms with Gasteiger partial charge in [0.1, 0.15) is 0 Å². The predicted molar refractivity (Wildman–Crippen MR) is 184 cm³/mol. The number of unbranched alkanes of at least 4 members (excludes halogenated alkanes) is 2. The lowest BCUT2D eigenvalue weighted by Crippen LogP contribution is -2.50. The van der Waals surface area contributed by atoms with Gasteiger partial charge in [0.05, 0.1) is 24.4 Å². The summed E-state index contributed by atoms with van der Waals surface area (Å²) in [5.41, 5.74) is 9.98. The number of ether oxygens (including phenoxy) is 2. The fourth-order valence-corrected chi connectivity index (χ4v) is 4.84. The predicted octanol–water partition coefficient (Wildman–Crippen LogP) is 0.0779. The molecule has 0 spiro atoms. The van der Waals surface area contributed by atoms with Crippen LogP contribution in [0.3, 0.4) is 0 Å². The smallest absolute Gasteiger partial charge is 0.170 e. The molecule has 0 aromatic heterocycles. The van der Waals surface area contributed by atoms with Gasteiger partial charge in [0.25, 0.3) is 0 Å². The van der Waals surface area contributed by atoms with Gasteiger partial charge >= 0.3 is 0 Å². The molecule has 0 aliphatic carbocycles. The minimum Gasteiger partial charge on any atom is -0.394 e. The highest BCUT2D eigenvalue weighted by Gasteiger charge is 2.36. The maximum atomic E-state index is 10.9. The molecule has 0 aromatic carbocycles. The van der Waals surface area contributed by atoms with E-state index in [0.717, 1.165) is 123 Å².